The van der Waals surface area contributed by atoms with E-state index in [2.05, 4.69) is 10.6 Å². The summed E-state index contributed by atoms with van der Waals surface area (Å²) in [6.45, 7) is 3.34. The first-order chi connectivity index (χ1) is 7.36. The fourth-order valence-corrected chi connectivity index (χ4v) is 2.21. The highest BCUT2D eigenvalue weighted by Gasteiger charge is 2.23. The van der Waals surface area contributed by atoms with Gasteiger partial charge in [0, 0.05) is 19.7 Å². The van der Waals surface area contributed by atoms with Gasteiger partial charge in [0.05, 0.1) is 12.0 Å². The number of hydrogen-bond acceptors (Lipinski definition) is 3. The summed E-state index contributed by atoms with van der Waals surface area (Å²) in [4.78, 5) is 11.7. The Morgan fingerprint density at radius 1 is 1.38 bits per heavy atom. The van der Waals surface area contributed by atoms with Crippen LogP contribution in [0.5, 0.6) is 0 Å². The van der Waals surface area contributed by atoms with E-state index in [-0.39, 0.29) is 30.3 Å². The lowest BCUT2D eigenvalue weighted by Gasteiger charge is -2.23. The summed E-state index contributed by atoms with van der Waals surface area (Å²) < 4.78 is 5.56. The van der Waals surface area contributed by atoms with Crippen molar-refractivity contribution in [2.45, 2.75) is 31.8 Å². The summed E-state index contributed by atoms with van der Waals surface area (Å²) in [5.41, 5.74) is 0. The smallest absolute Gasteiger partial charge is 0.224 e. The zero-order valence-corrected chi connectivity index (χ0v) is 10.4. The van der Waals surface area contributed by atoms with Crippen molar-refractivity contribution < 1.29 is 9.53 Å². The molecule has 94 valence electrons. The van der Waals surface area contributed by atoms with Crippen LogP contribution in [0.25, 0.3) is 0 Å². The maximum atomic E-state index is 11.7. The van der Waals surface area contributed by atoms with E-state index in [0.29, 0.717) is 6.54 Å². The average Bonchev–Trinajstić information content (AvgIpc) is 2.81. The minimum atomic E-state index is 0. The molecule has 2 rings (SSSR count). The molecule has 5 heteroatoms. The van der Waals surface area contributed by atoms with Gasteiger partial charge in [-0.15, -0.1) is 12.4 Å². The van der Waals surface area contributed by atoms with E-state index in [4.69, 9.17) is 4.74 Å². The van der Waals surface area contributed by atoms with Crippen molar-refractivity contribution in [3.8, 4) is 0 Å². The summed E-state index contributed by atoms with van der Waals surface area (Å²) in [5.74, 6) is 0.364. The van der Waals surface area contributed by atoms with Gasteiger partial charge < -0.3 is 15.4 Å². The second-order valence-electron chi connectivity index (χ2n) is 4.42. The largest absolute Gasteiger partial charge is 0.376 e. The topological polar surface area (TPSA) is 50.4 Å². The van der Waals surface area contributed by atoms with Crippen LogP contribution < -0.4 is 10.6 Å². The fourth-order valence-electron chi connectivity index (χ4n) is 2.21. The van der Waals surface area contributed by atoms with Crippen LogP contribution >= 0.6 is 12.4 Å². The Hall–Kier alpha value is -0.320. The molecule has 0 saturated carbocycles. The standard InChI is InChI=1S/C11H20N2O2.ClH/c14-11(9-4-5-12-7-9)13-8-10-3-1-2-6-15-10;/h9-10,12H,1-8H2,(H,13,14);1H/t9-,10?;/m1./s1. The summed E-state index contributed by atoms with van der Waals surface area (Å²) in [6.07, 6.45) is 4.69. The van der Waals surface area contributed by atoms with Gasteiger partial charge in [0.25, 0.3) is 0 Å². The zero-order valence-electron chi connectivity index (χ0n) is 9.54. The molecule has 0 spiro atoms. The summed E-state index contributed by atoms with van der Waals surface area (Å²) >= 11 is 0. The van der Waals surface area contributed by atoms with Crippen LogP contribution in [0.3, 0.4) is 0 Å². The molecule has 16 heavy (non-hydrogen) atoms. The predicted octanol–water partition coefficient (Wildman–Crippen LogP) is 0.703. The lowest BCUT2D eigenvalue weighted by molar-refractivity contribution is -0.125. The molecule has 2 N–H and O–H groups in total. The van der Waals surface area contributed by atoms with E-state index >= 15 is 0 Å². The van der Waals surface area contributed by atoms with E-state index in [9.17, 15) is 4.79 Å². The first-order valence-electron chi connectivity index (χ1n) is 5.96. The number of carbonyl (C=O) groups excluding carboxylic acids is 1. The first-order valence-corrected chi connectivity index (χ1v) is 5.96. The first kappa shape index (κ1) is 13.7. The van der Waals surface area contributed by atoms with Crippen LogP contribution in [0.4, 0.5) is 0 Å². The second kappa shape index (κ2) is 7.09. The summed E-state index contributed by atoms with van der Waals surface area (Å²) in [7, 11) is 0. The molecule has 1 amide bonds. The van der Waals surface area contributed by atoms with Crippen molar-refractivity contribution in [3.63, 3.8) is 0 Å². The van der Waals surface area contributed by atoms with Gasteiger partial charge in [0.2, 0.25) is 5.91 Å². The van der Waals surface area contributed by atoms with Gasteiger partial charge >= 0.3 is 0 Å². The van der Waals surface area contributed by atoms with Crippen molar-refractivity contribution in [2.75, 3.05) is 26.2 Å². The maximum absolute atomic E-state index is 11.7. The molecule has 0 aromatic heterocycles. The van der Waals surface area contributed by atoms with Gasteiger partial charge in [-0.3, -0.25) is 4.79 Å². The van der Waals surface area contributed by atoms with Crippen molar-refractivity contribution in [1.82, 2.24) is 10.6 Å². The lowest BCUT2D eigenvalue weighted by Crippen LogP contribution is -2.39. The molecule has 2 atom stereocenters. The number of ether oxygens (including phenoxy) is 1. The third kappa shape index (κ3) is 3.92. The van der Waals surface area contributed by atoms with Crippen LogP contribution in [0.2, 0.25) is 0 Å². The number of nitrogens with one attached hydrogen (secondary N) is 2. The van der Waals surface area contributed by atoms with Crippen LogP contribution in [0.1, 0.15) is 25.7 Å². The fraction of sp³-hybridized carbons (Fsp3) is 0.909. The van der Waals surface area contributed by atoms with Crippen molar-refractivity contribution in [2.24, 2.45) is 5.92 Å². The number of hydrogen-bond donors (Lipinski definition) is 2. The molecule has 1 unspecified atom stereocenters. The SMILES string of the molecule is Cl.O=C(NCC1CCCCO1)[C@@H]1CCNC1. The molecule has 0 aromatic carbocycles. The molecule has 2 heterocycles. The van der Waals surface area contributed by atoms with Crippen LogP contribution in [-0.4, -0.2) is 38.3 Å². The zero-order chi connectivity index (χ0) is 10.5. The van der Waals surface area contributed by atoms with Crippen molar-refractivity contribution in [3.05, 3.63) is 0 Å². The van der Waals surface area contributed by atoms with Gasteiger partial charge in [-0.1, -0.05) is 0 Å². The second-order valence-corrected chi connectivity index (χ2v) is 4.42. The number of carbonyl (C=O) groups is 1. The van der Waals surface area contributed by atoms with Crippen molar-refractivity contribution >= 4 is 18.3 Å². The highest BCUT2D eigenvalue weighted by atomic mass is 35.5. The van der Waals surface area contributed by atoms with E-state index in [0.717, 1.165) is 39.0 Å². The normalized spacial score (nSPS) is 29.5. The van der Waals surface area contributed by atoms with E-state index in [1.165, 1.54) is 6.42 Å². The Bertz CT molecular complexity index is 214. The van der Waals surface area contributed by atoms with E-state index < -0.39 is 0 Å². The minimum Gasteiger partial charge on any atom is -0.376 e. The monoisotopic (exact) mass is 248 g/mol. The van der Waals surface area contributed by atoms with Gasteiger partial charge in [-0.25, -0.2) is 0 Å². The quantitative estimate of drug-likeness (QED) is 0.773. The minimum absolute atomic E-state index is 0. The Balaban J connectivity index is 0.00000128. The van der Waals surface area contributed by atoms with E-state index in [1.54, 1.807) is 0 Å². The molecule has 2 saturated heterocycles. The molecular formula is C11H21ClN2O2. The van der Waals surface area contributed by atoms with Gasteiger partial charge in [0.15, 0.2) is 0 Å². The van der Waals surface area contributed by atoms with Crippen LogP contribution in [-0.2, 0) is 9.53 Å². The Labute approximate surface area is 103 Å². The molecule has 4 nitrogen and oxygen atoms in total. The number of amides is 1. The highest BCUT2D eigenvalue weighted by Crippen LogP contribution is 2.12. The molecule has 2 aliphatic rings. The Kier molecular flexibility index (Phi) is 6.09. The third-order valence-corrected chi connectivity index (χ3v) is 3.21. The molecule has 0 radical (unpaired) electrons. The Morgan fingerprint density at radius 2 is 2.25 bits per heavy atom. The third-order valence-electron chi connectivity index (χ3n) is 3.21. The maximum Gasteiger partial charge on any atom is 0.224 e. The molecule has 0 aromatic rings. The molecule has 2 aliphatic heterocycles. The summed E-state index contributed by atoms with van der Waals surface area (Å²) in [5, 5.41) is 6.19. The molecular weight excluding hydrogens is 228 g/mol. The molecule has 0 bridgehead atoms. The molecule has 0 aliphatic carbocycles. The number of halogens is 1. The Morgan fingerprint density at radius 3 is 2.88 bits per heavy atom. The molecule has 2 fully saturated rings. The van der Waals surface area contributed by atoms with Crippen LogP contribution in [0, 0.1) is 5.92 Å². The van der Waals surface area contributed by atoms with E-state index in [1.807, 2.05) is 0 Å². The predicted molar refractivity (Wildman–Crippen MR) is 64.8 cm³/mol. The lowest BCUT2D eigenvalue weighted by atomic mass is 10.1. The van der Waals surface area contributed by atoms with Gasteiger partial charge in [0.1, 0.15) is 0 Å². The van der Waals surface area contributed by atoms with Gasteiger partial charge in [-0.2, -0.15) is 0 Å². The highest BCUT2D eigenvalue weighted by molar-refractivity contribution is 5.85. The average molecular weight is 249 g/mol. The number of rotatable bonds is 3. The van der Waals surface area contributed by atoms with Crippen molar-refractivity contribution in [1.29, 1.82) is 0 Å². The van der Waals surface area contributed by atoms with Gasteiger partial charge in [-0.05, 0) is 32.2 Å². The van der Waals surface area contributed by atoms with Crippen LogP contribution in [0.15, 0.2) is 0 Å². The summed E-state index contributed by atoms with van der Waals surface area (Å²) in [6, 6.07) is 0.